The molecule has 2 rings (SSSR count). The summed E-state index contributed by atoms with van der Waals surface area (Å²) in [6.07, 6.45) is 3.95. The van der Waals surface area contributed by atoms with Crippen LogP contribution in [-0.4, -0.2) is 11.8 Å². The van der Waals surface area contributed by atoms with Crippen molar-refractivity contribution in [3.63, 3.8) is 0 Å². The lowest BCUT2D eigenvalue weighted by Crippen LogP contribution is -2.29. The molecule has 1 aliphatic heterocycles. The number of amides is 2. The minimum atomic E-state index is -0.376. The number of benzene rings is 1. The molecule has 0 fully saturated rings. The van der Waals surface area contributed by atoms with Crippen LogP contribution in [0, 0.1) is 11.5 Å². The van der Waals surface area contributed by atoms with E-state index in [0.717, 1.165) is 4.90 Å². The smallest absolute Gasteiger partial charge is 0.292 e. The van der Waals surface area contributed by atoms with E-state index in [0.29, 0.717) is 11.4 Å². The molecular weight excluding hydrogens is 208 g/mol. The summed E-state index contributed by atoms with van der Waals surface area (Å²) in [7, 11) is 0. The lowest BCUT2D eigenvalue weighted by atomic mass is 10.3. The molecule has 0 spiro atoms. The molecule has 0 bridgehead atoms. The highest BCUT2D eigenvalue weighted by Gasteiger charge is 2.24. The van der Waals surface area contributed by atoms with Crippen LogP contribution in [0.15, 0.2) is 36.4 Å². The van der Waals surface area contributed by atoms with Crippen molar-refractivity contribution in [1.82, 2.24) is 0 Å². The number of nitriles is 1. The van der Waals surface area contributed by atoms with Crippen molar-refractivity contribution in [3.8, 4) is 12.0 Å². The Labute approximate surface area is 91.1 Å². The highest BCUT2D eigenvalue weighted by atomic mass is 16.5. The van der Waals surface area contributed by atoms with E-state index in [1.54, 1.807) is 0 Å². The van der Waals surface area contributed by atoms with Gasteiger partial charge >= 0.3 is 0 Å². The first-order chi connectivity index (χ1) is 7.72. The fourth-order valence-electron chi connectivity index (χ4n) is 1.37. The maximum Gasteiger partial charge on any atom is 0.292 e. The Morgan fingerprint density at radius 3 is 2.12 bits per heavy atom. The van der Waals surface area contributed by atoms with Gasteiger partial charge < -0.3 is 4.74 Å². The molecule has 0 saturated heterocycles. The standard InChI is InChI=1S/C11H6N2O3/c12-7-16-9-3-1-8(2-4-9)13-10(14)5-6-11(13)15/h1-6H. The van der Waals surface area contributed by atoms with Crippen LogP contribution in [0.1, 0.15) is 0 Å². The number of nitrogens with zero attached hydrogens (tertiary/aromatic N) is 2. The molecule has 0 atom stereocenters. The quantitative estimate of drug-likeness (QED) is 0.543. The van der Waals surface area contributed by atoms with Crippen molar-refractivity contribution in [1.29, 1.82) is 5.26 Å². The van der Waals surface area contributed by atoms with E-state index < -0.39 is 0 Å². The molecule has 2 amide bonds. The molecule has 0 aromatic heterocycles. The average Bonchev–Trinajstić information content (AvgIpc) is 2.61. The summed E-state index contributed by atoms with van der Waals surface area (Å²) in [4.78, 5) is 23.7. The van der Waals surface area contributed by atoms with Crippen molar-refractivity contribution in [3.05, 3.63) is 36.4 Å². The number of imide groups is 1. The third-order valence-corrected chi connectivity index (χ3v) is 2.07. The average molecular weight is 214 g/mol. The number of carbonyl (C=O) groups excluding carboxylic acids is 2. The van der Waals surface area contributed by atoms with E-state index in [2.05, 4.69) is 4.74 Å². The Bertz CT molecular complexity index is 493. The summed E-state index contributed by atoms with van der Waals surface area (Å²) < 4.78 is 4.58. The van der Waals surface area contributed by atoms with Crippen molar-refractivity contribution >= 4 is 17.5 Å². The fraction of sp³-hybridized carbons (Fsp3) is 0. The van der Waals surface area contributed by atoms with Crippen LogP contribution >= 0.6 is 0 Å². The Morgan fingerprint density at radius 1 is 1.06 bits per heavy atom. The van der Waals surface area contributed by atoms with E-state index in [4.69, 9.17) is 5.26 Å². The van der Waals surface area contributed by atoms with Gasteiger partial charge in [-0.15, -0.1) is 5.26 Å². The van der Waals surface area contributed by atoms with E-state index >= 15 is 0 Å². The van der Waals surface area contributed by atoms with Crippen molar-refractivity contribution in [2.24, 2.45) is 0 Å². The highest BCUT2D eigenvalue weighted by Crippen LogP contribution is 2.22. The maximum atomic E-state index is 11.3. The van der Waals surface area contributed by atoms with Crippen molar-refractivity contribution < 1.29 is 14.3 Å². The van der Waals surface area contributed by atoms with Gasteiger partial charge in [0.15, 0.2) is 0 Å². The first-order valence-corrected chi connectivity index (χ1v) is 4.44. The minimum absolute atomic E-state index is 0.360. The molecular formula is C11H6N2O3. The summed E-state index contributed by atoms with van der Waals surface area (Å²) in [6, 6.07) is 6.10. The zero-order valence-corrected chi connectivity index (χ0v) is 8.08. The maximum absolute atomic E-state index is 11.3. The molecule has 78 valence electrons. The first-order valence-electron chi connectivity index (χ1n) is 4.44. The number of carbonyl (C=O) groups is 2. The first kappa shape index (κ1) is 9.93. The Morgan fingerprint density at radius 2 is 1.62 bits per heavy atom. The van der Waals surface area contributed by atoms with Crippen LogP contribution in [0.2, 0.25) is 0 Å². The summed E-state index contributed by atoms with van der Waals surface area (Å²) in [5, 5.41) is 8.28. The number of rotatable bonds is 2. The second-order valence-electron chi connectivity index (χ2n) is 3.03. The highest BCUT2D eigenvalue weighted by molar-refractivity contribution is 6.28. The van der Waals surface area contributed by atoms with E-state index in [-0.39, 0.29) is 11.8 Å². The van der Waals surface area contributed by atoms with Crippen LogP contribution in [-0.2, 0) is 9.59 Å². The largest absolute Gasteiger partial charge is 0.388 e. The number of ether oxygens (including phenoxy) is 1. The fourth-order valence-corrected chi connectivity index (χ4v) is 1.37. The summed E-state index contributed by atoms with van der Waals surface area (Å²) in [6.45, 7) is 0. The predicted octanol–water partition coefficient (Wildman–Crippen LogP) is 0.976. The summed E-state index contributed by atoms with van der Waals surface area (Å²) in [5.74, 6) is -0.392. The second kappa shape index (κ2) is 3.87. The normalized spacial score (nSPS) is 14.1. The molecule has 0 unspecified atom stereocenters. The van der Waals surface area contributed by atoms with Gasteiger partial charge in [-0.3, -0.25) is 9.59 Å². The molecule has 1 aliphatic rings. The van der Waals surface area contributed by atoms with Crippen LogP contribution in [0.3, 0.4) is 0 Å². The number of hydrogen-bond acceptors (Lipinski definition) is 4. The monoisotopic (exact) mass is 214 g/mol. The second-order valence-corrected chi connectivity index (χ2v) is 3.03. The van der Waals surface area contributed by atoms with E-state index in [9.17, 15) is 9.59 Å². The third-order valence-electron chi connectivity index (χ3n) is 2.07. The number of hydrogen-bond donors (Lipinski definition) is 0. The lowest BCUT2D eigenvalue weighted by Gasteiger charge is -2.13. The van der Waals surface area contributed by atoms with Crippen LogP contribution in [0.25, 0.3) is 0 Å². The van der Waals surface area contributed by atoms with Gasteiger partial charge in [0.05, 0.1) is 5.69 Å². The molecule has 0 radical (unpaired) electrons. The van der Waals surface area contributed by atoms with Gasteiger partial charge in [-0.1, -0.05) is 0 Å². The van der Waals surface area contributed by atoms with Crippen molar-refractivity contribution in [2.75, 3.05) is 4.90 Å². The summed E-state index contributed by atoms with van der Waals surface area (Å²) >= 11 is 0. The summed E-state index contributed by atoms with van der Waals surface area (Å²) in [5.41, 5.74) is 0.449. The zero-order chi connectivity index (χ0) is 11.5. The zero-order valence-electron chi connectivity index (χ0n) is 8.08. The molecule has 5 heteroatoms. The van der Waals surface area contributed by atoms with E-state index in [1.807, 2.05) is 0 Å². The van der Waals surface area contributed by atoms with Gasteiger partial charge in [0, 0.05) is 12.2 Å². The SMILES string of the molecule is N#COc1ccc(N2C(=O)C=CC2=O)cc1. The topological polar surface area (TPSA) is 70.4 Å². The van der Waals surface area contributed by atoms with Gasteiger partial charge in [0.2, 0.25) is 0 Å². The van der Waals surface area contributed by atoms with Gasteiger partial charge in [0.25, 0.3) is 18.1 Å². The molecule has 5 nitrogen and oxygen atoms in total. The van der Waals surface area contributed by atoms with Crippen LogP contribution in [0.5, 0.6) is 5.75 Å². The minimum Gasteiger partial charge on any atom is -0.388 e. The molecule has 16 heavy (non-hydrogen) atoms. The molecule has 1 aromatic rings. The Hall–Kier alpha value is -2.61. The van der Waals surface area contributed by atoms with Gasteiger partial charge in [-0.2, -0.15) is 0 Å². The Balaban J connectivity index is 2.26. The third kappa shape index (κ3) is 1.64. The lowest BCUT2D eigenvalue weighted by molar-refractivity contribution is -0.119. The van der Waals surface area contributed by atoms with Crippen LogP contribution < -0.4 is 9.64 Å². The molecule has 0 saturated carbocycles. The molecule has 0 aliphatic carbocycles. The van der Waals surface area contributed by atoms with Crippen molar-refractivity contribution in [2.45, 2.75) is 0 Å². The predicted molar refractivity (Wildman–Crippen MR) is 54.3 cm³/mol. The van der Waals surface area contributed by atoms with Gasteiger partial charge in [-0.25, -0.2) is 4.90 Å². The van der Waals surface area contributed by atoms with Gasteiger partial charge in [-0.05, 0) is 24.3 Å². The molecule has 1 heterocycles. The Kier molecular flexibility index (Phi) is 2.40. The molecule has 0 N–H and O–H groups in total. The number of anilines is 1. The van der Waals surface area contributed by atoms with Gasteiger partial charge in [0.1, 0.15) is 5.75 Å². The van der Waals surface area contributed by atoms with E-state index in [1.165, 1.54) is 42.7 Å². The molecule has 1 aromatic carbocycles. The van der Waals surface area contributed by atoms with Crippen LogP contribution in [0.4, 0.5) is 5.69 Å².